The van der Waals surface area contributed by atoms with E-state index in [9.17, 15) is 5.11 Å². The van der Waals surface area contributed by atoms with Crippen LogP contribution in [0.5, 0.6) is 0 Å². The van der Waals surface area contributed by atoms with Crippen molar-refractivity contribution in [1.29, 1.82) is 0 Å². The van der Waals surface area contributed by atoms with E-state index in [1.54, 1.807) is 14.0 Å². The molecule has 5 heteroatoms. The van der Waals surface area contributed by atoms with Crippen LogP contribution in [0.4, 0.5) is 0 Å². The molecule has 2 rings (SSSR count). The Bertz CT molecular complexity index is 575. The fourth-order valence-electron chi connectivity index (χ4n) is 5.05. The van der Waals surface area contributed by atoms with Gasteiger partial charge in [-0.2, -0.15) is 0 Å². The van der Waals surface area contributed by atoms with E-state index in [1.165, 1.54) is 12.0 Å². The second kappa shape index (κ2) is 10.5. The predicted molar refractivity (Wildman–Crippen MR) is 118 cm³/mol. The molecule has 0 aromatic heterocycles. The quantitative estimate of drug-likeness (QED) is 0.423. The lowest BCUT2D eigenvalue weighted by Gasteiger charge is -2.35. The van der Waals surface area contributed by atoms with Gasteiger partial charge in [-0.1, -0.05) is 39.0 Å². The van der Waals surface area contributed by atoms with Crippen LogP contribution in [-0.4, -0.2) is 54.9 Å². The van der Waals surface area contributed by atoms with Gasteiger partial charge in [-0.3, -0.25) is 0 Å². The van der Waals surface area contributed by atoms with E-state index < -0.39 is 6.10 Å². The molecule has 2 aliphatic heterocycles. The lowest BCUT2D eigenvalue weighted by atomic mass is 9.85. The van der Waals surface area contributed by atoms with E-state index in [1.807, 2.05) is 0 Å². The van der Waals surface area contributed by atoms with Crippen molar-refractivity contribution in [2.75, 3.05) is 13.7 Å². The maximum absolute atomic E-state index is 9.92. The Labute approximate surface area is 177 Å². The summed E-state index contributed by atoms with van der Waals surface area (Å²) in [5, 5.41) is 9.92. The van der Waals surface area contributed by atoms with Gasteiger partial charge < -0.3 is 25.1 Å². The van der Waals surface area contributed by atoms with Gasteiger partial charge in [0, 0.05) is 19.6 Å². The van der Waals surface area contributed by atoms with Crippen LogP contribution in [-0.2, 0) is 14.2 Å². The molecular weight excluding hydrogens is 366 g/mol. The third kappa shape index (κ3) is 6.38. The number of methoxy groups -OCH3 is 1. The van der Waals surface area contributed by atoms with Gasteiger partial charge in [0.05, 0.1) is 36.1 Å². The molecule has 5 nitrogen and oxygen atoms in total. The van der Waals surface area contributed by atoms with Gasteiger partial charge >= 0.3 is 0 Å². The molecule has 0 radical (unpaired) electrons. The van der Waals surface area contributed by atoms with Crippen LogP contribution >= 0.6 is 0 Å². The van der Waals surface area contributed by atoms with Crippen molar-refractivity contribution in [2.24, 2.45) is 23.5 Å². The van der Waals surface area contributed by atoms with Gasteiger partial charge in [0.15, 0.2) is 0 Å². The molecule has 0 bridgehead atoms. The van der Waals surface area contributed by atoms with Crippen LogP contribution in [0, 0.1) is 17.8 Å². The molecule has 0 amide bonds. The van der Waals surface area contributed by atoms with Crippen molar-refractivity contribution in [2.45, 2.75) is 96.9 Å². The Morgan fingerprint density at radius 3 is 2.59 bits per heavy atom. The zero-order valence-electron chi connectivity index (χ0n) is 19.4. The first-order valence-electron chi connectivity index (χ1n) is 11.2. The lowest BCUT2D eigenvalue weighted by molar-refractivity contribution is -0.0542. The summed E-state index contributed by atoms with van der Waals surface area (Å²) in [4.78, 5) is 0. The Morgan fingerprint density at radius 2 is 2.00 bits per heavy atom. The van der Waals surface area contributed by atoms with E-state index in [0.717, 1.165) is 12.8 Å². The molecule has 29 heavy (non-hydrogen) atoms. The molecule has 0 aliphatic carbocycles. The van der Waals surface area contributed by atoms with E-state index in [0.29, 0.717) is 18.4 Å². The summed E-state index contributed by atoms with van der Waals surface area (Å²) in [5.74, 6) is 1.09. The van der Waals surface area contributed by atoms with Gasteiger partial charge in [0.1, 0.15) is 0 Å². The number of rotatable bonds is 10. The van der Waals surface area contributed by atoms with Crippen LogP contribution in [0.2, 0.25) is 0 Å². The highest BCUT2D eigenvalue weighted by atomic mass is 16.6. The van der Waals surface area contributed by atoms with Crippen molar-refractivity contribution >= 4 is 0 Å². The number of epoxide rings is 1. The smallest absolute Gasteiger partial charge is 0.0929 e. The minimum atomic E-state index is -0.503. The number of aliphatic hydroxyl groups is 1. The summed E-state index contributed by atoms with van der Waals surface area (Å²) in [5.41, 5.74) is 6.91. The molecule has 2 fully saturated rings. The van der Waals surface area contributed by atoms with Gasteiger partial charge in [-0.25, -0.2) is 0 Å². The molecule has 0 spiro atoms. The van der Waals surface area contributed by atoms with Crippen LogP contribution in [0.25, 0.3) is 0 Å². The third-order valence-electron chi connectivity index (χ3n) is 6.72. The van der Waals surface area contributed by atoms with E-state index in [2.05, 4.69) is 52.8 Å². The van der Waals surface area contributed by atoms with E-state index >= 15 is 0 Å². The summed E-state index contributed by atoms with van der Waals surface area (Å²) in [6.45, 7) is 13.3. The summed E-state index contributed by atoms with van der Waals surface area (Å²) in [7, 11) is 1.65. The molecule has 2 heterocycles. The van der Waals surface area contributed by atoms with Crippen LogP contribution < -0.4 is 5.73 Å². The second-order valence-corrected chi connectivity index (χ2v) is 9.60. The van der Waals surface area contributed by atoms with Crippen LogP contribution in [0.1, 0.15) is 60.8 Å². The molecule has 3 N–H and O–H groups in total. The molecule has 2 saturated heterocycles. The summed E-state index contributed by atoms with van der Waals surface area (Å²) >= 11 is 0. The largest absolute Gasteiger partial charge is 0.391 e. The van der Waals surface area contributed by atoms with Gasteiger partial charge in [-0.05, 0) is 57.4 Å². The number of hydrogen-bond donors (Lipinski definition) is 2. The minimum absolute atomic E-state index is 0.125. The van der Waals surface area contributed by atoms with Crippen molar-refractivity contribution in [3.05, 3.63) is 23.8 Å². The normalized spacial score (nSPS) is 37.3. The molecule has 2 aliphatic rings. The fourth-order valence-corrected chi connectivity index (χ4v) is 5.05. The van der Waals surface area contributed by atoms with Crippen molar-refractivity contribution < 1.29 is 19.3 Å². The fraction of sp³-hybridized carbons (Fsp3) is 0.833. The van der Waals surface area contributed by atoms with Crippen molar-refractivity contribution in [1.82, 2.24) is 0 Å². The van der Waals surface area contributed by atoms with E-state index in [-0.39, 0.29) is 35.9 Å². The van der Waals surface area contributed by atoms with Crippen LogP contribution in [0.3, 0.4) is 0 Å². The first kappa shape index (κ1) is 24.5. The molecule has 168 valence electrons. The highest BCUT2D eigenvalue weighted by molar-refractivity contribution is 5.17. The van der Waals surface area contributed by atoms with Gasteiger partial charge in [0.2, 0.25) is 0 Å². The lowest BCUT2D eigenvalue weighted by Crippen LogP contribution is -2.38. The average Bonchev–Trinajstić information content (AvgIpc) is 3.32. The topological polar surface area (TPSA) is 77.2 Å². The first-order chi connectivity index (χ1) is 13.6. The molecule has 0 saturated carbocycles. The highest BCUT2D eigenvalue weighted by Gasteiger charge is 2.56. The molecule has 1 unspecified atom stereocenters. The minimum Gasteiger partial charge on any atom is -0.391 e. The Morgan fingerprint density at radius 1 is 1.31 bits per heavy atom. The number of ether oxygens (including phenoxy) is 3. The van der Waals surface area contributed by atoms with Gasteiger partial charge in [0.25, 0.3) is 0 Å². The second-order valence-electron chi connectivity index (χ2n) is 9.60. The average molecular weight is 410 g/mol. The Hall–Kier alpha value is -0.720. The molecular formula is C24H43NO4. The van der Waals surface area contributed by atoms with Crippen molar-refractivity contribution in [3.8, 4) is 0 Å². The van der Waals surface area contributed by atoms with Gasteiger partial charge in [-0.15, -0.1) is 0 Å². The number of hydrogen-bond acceptors (Lipinski definition) is 5. The van der Waals surface area contributed by atoms with E-state index in [4.69, 9.17) is 19.9 Å². The Kier molecular flexibility index (Phi) is 8.92. The standard InChI is InChI=1S/C24H43NO4/c1-15(13-24(6)23(29-24)18(4)22(27-7)19(5)26)9-8-10-16(2)21-17(3)11-12-20(14-25)28-21/h8-10,15,17-23,26H,11-14,25H2,1-7H3/b9-8+,16-10+/t15?,17-,18+,19+,20+,21+,22+,23+,24+/m0/s1. The summed E-state index contributed by atoms with van der Waals surface area (Å²) < 4.78 is 17.7. The zero-order valence-corrected chi connectivity index (χ0v) is 19.4. The summed E-state index contributed by atoms with van der Waals surface area (Å²) in [6.07, 6.45) is 9.53. The number of aliphatic hydroxyl groups excluding tert-OH is 1. The predicted octanol–water partition coefficient (Wildman–Crippen LogP) is 3.85. The molecule has 0 aromatic carbocycles. The SMILES string of the molecule is CO[C@H]([C@@H](C)[C@H]1O[C@]1(C)CC(C)/C=C/C=C(\C)[C@H]1O[C@@H](CN)CC[C@@H]1C)[C@@H](C)O. The highest BCUT2D eigenvalue weighted by Crippen LogP contribution is 2.47. The zero-order chi connectivity index (χ0) is 21.8. The van der Waals surface area contributed by atoms with Crippen LogP contribution in [0.15, 0.2) is 23.8 Å². The maximum atomic E-state index is 9.92. The van der Waals surface area contributed by atoms with Crippen molar-refractivity contribution in [3.63, 3.8) is 0 Å². The number of allylic oxidation sites excluding steroid dienone is 3. The summed E-state index contributed by atoms with van der Waals surface area (Å²) in [6, 6.07) is 0. The third-order valence-corrected chi connectivity index (χ3v) is 6.72. The monoisotopic (exact) mass is 409 g/mol. The molecule has 9 atom stereocenters. The first-order valence-corrected chi connectivity index (χ1v) is 11.2. The Balaban J connectivity index is 1.88. The molecule has 0 aromatic rings. The maximum Gasteiger partial charge on any atom is 0.0929 e. The number of nitrogens with two attached hydrogens (primary N) is 1.